The third-order valence-corrected chi connectivity index (χ3v) is 3.97. The Labute approximate surface area is 88.9 Å². The highest BCUT2D eigenvalue weighted by Crippen LogP contribution is 2.31. The molecule has 78 valence electrons. The van der Waals surface area contributed by atoms with E-state index in [0.29, 0.717) is 12.0 Å². The van der Waals surface area contributed by atoms with Gasteiger partial charge in [0.05, 0.1) is 5.69 Å². The second kappa shape index (κ2) is 3.87. The number of aryl methyl sites for hydroxylation is 1. The predicted molar refractivity (Wildman–Crippen MR) is 60.8 cm³/mol. The van der Waals surface area contributed by atoms with Crippen LogP contribution in [0.3, 0.4) is 0 Å². The molecule has 0 radical (unpaired) electrons. The number of nitrogens with zero attached hydrogens (tertiary/aromatic N) is 2. The average Bonchev–Trinajstić information content (AvgIpc) is 2.71. The van der Waals surface area contributed by atoms with Crippen LogP contribution in [-0.4, -0.2) is 24.1 Å². The fraction of sp³-hybridized carbons (Fsp3) is 0.700. The summed E-state index contributed by atoms with van der Waals surface area (Å²) in [5, 5.41) is 3.24. The first kappa shape index (κ1) is 9.93. The molecule has 1 aromatic heterocycles. The van der Waals surface area contributed by atoms with Gasteiger partial charge in [-0.15, -0.1) is 11.3 Å². The molecular weight excluding hydrogens is 194 g/mol. The molecule has 2 unspecified atom stereocenters. The molecule has 0 spiro atoms. The highest BCUT2D eigenvalue weighted by atomic mass is 32.1. The van der Waals surface area contributed by atoms with Crippen LogP contribution in [0.4, 0.5) is 5.13 Å². The molecule has 1 aliphatic rings. The summed E-state index contributed by atoms with van der Waals surface area (Å²) in [6, 6.07) is 0.487. The zero-order valence-corrected chi connectivity index (χ0v) is 9.55. The molecule has 3 nitrogen and oxygen atoms in total. The summed E-state index contributed by atoms with van der Waals surface area (Å²) >= 11 is 1.73. The molecule has 0 bridgehead atoms. The Bertz CT molecular complexity index is 310. The van der Waals surface area contributed by atoms with Gasteiger partial charge in [-0.05, 0) is 19.3 Å². The normalized spacial score (nSPS) is 27.2. The van der Waals surface area contributed by atoms with Gasteiger partial charge in [-0.1, -0.05) is 6.92 Å². The highest BCUT2D eigenvalue weighted by Gasteiger charge is 2.31. The van der Waals surface area contributed by atoms with Crippen LogP contribution in [0.15, 0.2) is 5.38 Å². The van der Waals surface area contributed by atoms with Crippen LogP contribution in [0.5, 0.6) is 0 Å². The lowest BCUT2D eigenvalue weighted by atomic mass is 10.0. The molecule has 0 aromatic carbocycles. The number of anilines is 1. The number of rotatable bonds is 2. The molecular formula is C10H17N3S. The van der Waals surface area contributed by atoms with E-state index in [9.17, 15) is 0 Å². The molecule has 2 heterocycles. The van der Waals surface area contributed by atoms with Crippen molar-refractivity contribution in [3.8, 4) is 0 Å². The monoisotopic (exact) mass is 211 g/mol. The van der Waals surface area contributed by atoms with Crippen molar-refractivity contribution < 1.29 is 0 Å². The molecule has 2 rings (SSSR count). The Morgan fingerprint density at radius 3 is 3.07 bits per heavy atom. The van der Waals surface area contributed by atoms with Gasteiger partial charge in [-0.2, -0.15) is 0 Å². The molecule has 1 aromatic rings. The lowest BCUT2D eigenvalue weighted by Crippen LogP contribution is -2.38. The zero-order chi connectivity index (χ0) is 10.1. The molecule has 0 amide bonds. The molecule has 2 N–H and O–H groups in total. The van der Waals surface area contributed by atoms with Gasteiger partial charge in [-0.25, -0.2) is 4.98 Å². The Morgan fingerprint density at radius 2 is 2.50 bits per heavy atom. The molecule has 0 saturated carbocycles. The van der Waals surface area contributed by atoms with Crippen molar-refractivity contribution in [3.63, 3.8) is 0 Å². The first-order valence-electron chi connectivity index (χ1n) is 5.11. The van der Waals surface area contributed by atoms with Crippen molar-refractivity contribution in [2.24, 2.45) is 11.7 Å². The minimum atomic E-state index is 0.487. The van der Waals surface area contributed by atoms with Gasteiger partial charge < -0.3 is 10.6 Å². The van der Waals surface area contributed by atoms with Crippen LogP contribution in [0.2, 0.25) is 0 Å². The minimum Gasteiger partial charge on any atom is -0.344 e. The quantitative estimate of drug-likeness (QED) is 0.808. The molecule has 1 saturated heterocycles. The van der Waals surface area contributed by atoms with Crippen molar-refractivity contribution in [1.29, 1.82) is 0 Å². The first-order chi connectivity index (χ1) is 6.72. The van der Waals surface area contributed by atoms with Gasteiger partial charge in [0.1, 0.15) is 0 Å². The lowest BCUT2D eigenvalue weighted by Gasteiger charge is -2.24. The number of nitrogens with two attached hydrogens (primary N) is 1. The third kappa shape index (κ3) is 1.64. The fourth-order valence-corrected chi connectivity index (χ4v) is 2.97. The van der Waals surface area contributed by atoms with Crippen molar-refractivity contribution in [3.05, 3.63) is 11.1 Å². The van der Waals surface area contributed by atoms with Crippen LogP contribution < -0.4 is 10.6 Å². The van der Waals surface area contributed by atoms with E-state index in [1.165, 1.54) is 6.42 Å². The van der Waals surface area contributed by atoms with E-state index in [0.717, 1.165) is 23.9 Å². The summed E-state index contributed by atoms with van der Waals surface area (Å²) in [6.07, 6.45) is 1.24. The Hall–Kier alpha value is -0.610. The topological polar surface area (TPSA) is 42.1 Å². The van der Waals surface area contributed by atoms with Crippen molar-refractivity contribution in [1.82, 2.24) is 4.98 Å². The summed E-state index contributed by atoms with van der Waals surface area (Å²) in [5.41, 5.74) is 6.91. The smallest absolute Gasteiger partial charge is 0.185 e. The Balaban J connectivity index is 2.18. The number of thiazole rings is 1. The third-order valence-electron chi connectivity index (χ3n) is 2.98. The summed E-state index contributed by atoms with van der Waals surface area (Å²) in [4.78, 5) is 6.88. The number of hydrogen-bond donors (Lipinski definition) is 1. The molecule has 1 aliphatic heterocycles. The summed E-state index contributed by atoms with van der Waals surface area (Å²) < 4.78 is 0. The van der Waals surface area contributed by atoms with Gasteiger partial charge >= 0.3 is 0 Å². The largest absolute Gasteiger partial charge is 0.344 e. The van der Waals surface area contributed by atoms with Crippen LogP contribution in [-0.2, 0) is 0 Å². The van der Waals surface area contributed by atoms with Crippen molar-refractivity contribution >= 4 is 16.5 Å². The lowest BCUT2D eigenvalue weighted by molar-refractivity contribution is 0.519. The number of hydrogen-bond acceptors (Lipinski definition) is 4. The molecule has 2 atom stereocenters. The van der Waals surface area contributed by atoms with Crippen molar-refractivity contribution in [2.75, 3.05) is 18.0 Å². The van der Waals surface area contributed by atoms with Crippen molar-refractivity contribution in [2.45, 2.75) is 26.3 Å². The maximum atomic E-state index is 5.79. The summed E-state index contributed by atoms with van der Waals surface area (Å²) in [7, 11) is 0. The van der Waals surface area contributed by atoms with E-state index >= 15 is 0 Å². The molecule has 4 heteroatoms. The molecule has 0 aliphatic carbocycles. The minimum absolute atomic E-state index is 0.487. The second-order valence-corrected chi connectivity index (χ2v) is 4.87. The van der Waals surface area contributed by atoms with Crippen LogP contribution in [0.25, 0.3) is 0 Å². The van der Waals surface area contributed by atoms with E-state index in [-0.39, 0.29) is 0 Å². The molecule has 14 heavy (non-hydrogen) atoms. The number of aromatic nitrogens is 1. The second-order valence-electron chi connectivity index (χ2n) is 4.03. The predicted octanol–water partition coefficient (Wildman–Crippen LogP) is 1.63. The first-order valence-corrected chi connectivity index (χ1v) is 5.99. The highest BCUT2D eigenvalue weighted by molar-refractivity contribution is 7.13. The zero-order valence-electron chi connectivity index (χ0n) is 8.73. The summed E-state index contributed by atoms with van der Waals surface area (Å²) in [6.45, 7) is 6.16. The summed E-state index contributed by atoms with van der Waals surface area (Å²) in [5.74, 6) is 0.698. The maximum Gasteiger partial charge on any atom is 0.185 e. The van der Waals surface area contributed by atoms with Gasteiger partial charge in [0, 0.05) is 24.5 Å². The van der Waals surface area contributed by atoms with E-state index in [1.807, 2.05) is 6.92 Å². The van der Waals surface area contributed by atoms with E-state index in [4.69, 9.17) is 5.73 Å². The van der Waals surface area contributed by atoms with Gasteiger partial charge in [0.2, 0.25) is 0 Å². The Kier molecular flexibility index (Phi) is 2.74. The fourth-order valence-electron chi connectivity index (χ4n) is 2.08. The van der Waals surface area contributed by atoms with Gasteiger partial charge in [0.25, 0.3) is 0 Å². The van der Waals surface area contributed by atoms with E-state index < -0.39 is 0 Å². The molecule has 1 fully saturated rings. The van der Waals surface area contributed by atoms with Crippen LogP contribution >= 0.6 is 11.3 Å². The SMILES string of the molecule is Cc1csc(N2CCC(C)C2CN)n1. The van der Waals surface area contributed by atoms with Gasteiger partial charge in [0.15, 0.2) is 5.13 Å². The Morgan fingerprint density at radius 1 is 1.71 bits per heavy atom. The standard InChI is InChI=1S/C10H17N3S/c1-7-3-4-13(9(7)5-11)10-12-8(2)6-14-10/h6-7,9H,3-5,11H2,1-2H3. The van der Waals surface area contributed by atoms with Gasteiger partial charge in [-0.3, -0.25) is 0 Å². The maximum absolute atomic E-state index is 5.79. The van der Waals surface area contributed by atoms with E-state index in [1.54, 1.807) is 11.3 Å². The van der Waals surface area contributed by atoms with Crippen LogP contribution in [0.1, 0.15) is 19.0 Å². The van der Waals surface area contributed by atoms with E-state index in [2.05, 4.69) is 22.2 Å². The average molecular weight is 211 g/mol. The van der Waals surface area contributed by atoms with Crippen LogP contribution in [0, 0.1) is 12.8 Å².